The van der Waals surface area contributed by atoms with E-state index in [9.17, 15) is 13.2 Å². The first kappa shape index (κ1) is 20.8. The third kappa shape index (κ3) is 5.33. The molecule has 1 aliphatic heterocycles. The van der Waals surface area contributed by atoms with Gasteiger partial charge in [0.15, 0.2) is 6.10 Å². The summed E-state index contributed by atoms with van der Waals surface area (Å²) in [6, 6.07) is 14.5. The van der Waals surface area contributed by atoms with Crippen LogP contribution in [0.2, 0.25) is 5.02 Å². The Balaban J connectivity index is 1.51. The molecule has 2 aromatic rings. The molecule has 0 saturated heterocycles. The van der Waals surface area contributed by atoms with Crippen molar-refractivity contribution in [3.8, 4) is 5.75 Å². The van der Waals surface area contributed by atoms with Crippen LogP contribution in [-0.2, 0) is 20.6 Å². The lowest BCUT2D eigenvalue weighted by molar-refractivity contribution is -0.127. The van der Waals surface area contributed by atoms with Crippen molar-refractivity contribution in [3.05, 3.63) is 59.1 Å². The highest BCUT2D eigenvalue weighted by molar-refractivity contribution is 7.98. The largest absolute Gasteiger partial charge is 0.476 e. The smallest absolute Gasteiger partial charge is 0.263 e. The van der Waals surface area contributed by atoms with Crippen molar-refractivity contribution in [1.82, 2.24) is 5.32 Å². The molecule has 1 N–H and O–H groups in total. The fraction of sp³-hybridized carbons (Fsp3) is 0.316. The van der Waals surface area contributed by atoms with E-state index >= 15 is 0 Å². The zero-order valence-electron chi connectivity index (χ0n) is 15.3. The van der Waals surface area contributed by atoms with Crippen LogP contribution < -0.4 is 14.4 Å². The molecular weight excluding hydrogens is 420 g/mol. The molecule has 1 heterocycles. The number of anilines is 1. The number of hydrogen-bond donors (Lipinski definition) is 1. The number of fused-ring (bicyclic) bond motifs is 1. The first-order valence-electron chi connectivity index (χ1n) is 8.68. The number of rotatable bonds is 7. The molecule has 9 heteroatoms. The summed E-state index contributed by atoms with van der Waals surface area (Å²) in [5, 5.41) is 3.53. The van der Waals surface area contributed by atoms with Crippen molar-refractivity contribution in [2.24, 2.45) is 0 Å². The first-order valence-corrected chi connectivity index (χ1v) is 12.1. The molecule has 1 atom stereocenters. The molecule has 1 amide bonds. The summed E-state index contributed by atoms with van der Waals surface area (Å²) in [6.45, 7) is 0.428. The van der Waals surface area contributed by atoms with Gasteiger partial charge in [0.05, 0.1) is 18.5 Å². The van der Waals surface area contributed by atoms with Gasteiger partial charge < -0.3 is 10.1 Å². The van der Waals surface area contributed by atoms with E-state index in [2.05, 4.69) is 5.32 Å². The summed E-state index contributed by atoms with van der Waals surface area (Å²) in [5.74, 6) is 1.61. The first-order chi connectivity index (χ1) is 13.3. The van der Waals surface area contributed by atoms with Gasteiger partial charge in [0.25, 0.3) is 5.91 Å². The van der Waals surface area contributed by atoms with Gasteiger partial charge in [-0.05, 0) is 29.8 Å². The number of amides is 1. The average Bonchev–Trinajstić information content (AvgIpc) is 2.67. The predicted octanol–water partition coefficient (Wildman–Crippen LogP) is 2.92. The van der Waals surface area contributed by atoms with E-state index in [0.29, 0.717) is 23.0 Å². The summed E-state index contributed by atoms with van der Waals surface area (Å²) in [5.41, 5.74) is 1.62. The third-order valence-electron chi connectivity index (χ3n) is 4.16. The number of nitrogens with one attached hydrogen (secondary N) is 1. The molecule has 2 aromatic carbocycles. The Morgan fingerprint density at radius 3 is 2.68 bits per heavy atom. The second-order valence-corrected chi connectivity index (χ2v) is 9.79. The van der Waals surface area contributed by atoms with Crippen molar-refractivity contribution < 1.29 is 17.9 Å². The van der Waals surface area contributed by atoms with Crippen molar-refractivity contribution in [2.75, 3.05) is 29.4 Å². The summed E-state index contributed by atoms with van der Waals surface area (Å²) >= 11 is 7.56. The molecule has 0 spiro atoms. The van der Waals surface area contributed by atoms with Crippen LogP contribution in [0.1, 0.15) is 5.56 Å². The topological polar surface area (TPSA) is 75.7 Å². The molecule has 0 aromatic heterocycles. The predicted molar refractivity (Wildman–Crippen MR) is 114 cm³/mol. The molecular formula is C19H21ClN2O4S2. The second-order valence-electron chi connectivity index (χ2n) is 6.34. The molecule has 150 valence electrons. The normalized spacial score (nSPS) is 16.2. The number of carbonyl (C=O) groups excluding carboxylic acids is 1. The highest BCUT2D eigenvalue weighted by Gasteiger charge is 2.34. The Morgan fingerprint density at radius 2 is 1.96 bits per heavy atom. The number of thioether (sulfide) groups is 1. The maximum absolute atomic E-state index is 12.5. The van der Waals surface area contributed by atoms with Crippen LogP contribution in [0.5, 0.6) is 5.75 Å². The van der Waals surface area contributed by atoms with E-state index in [1.807, 2.05) is 24.3 Å². The number of hydrogen-bond acceptors (Lipinski definition) is 5. The van der Waals surface area contributed by atoms with Crippen LogP contribution in [0.3, 0.4) is 0 Å². The number of benzene rings is 2. The summed E-state index contributed by atoms with van der Waals surface area (Å²) in [6.07, 6.45) is 0.239. The fourth-order valence-corrected chi connectivity index (χ4v) is 4.64. The molecule has 1 unspecified atom stereocenters. The number of sulfonamides is 1. The molecule has 3 rings (SSSR count). The quantitative estimate of drug-likeness (QED) is 0.670. The average molecular weight is 441 g/mol. The van der Waals surface area contributed by atoms with E-state index in [4.69, 9.17) is 16.3 Å². The molecule has 0 radical (unpaired) electrons. The Bertz CT molecular complexity index is 935. The third-order valence-corrected chi connectivity index (χ3v) is 6.58. The monoisotopic (exact) mass is 440 g/mol. The number of para-hydroxylation sites is 2. The Morgan fingerprint density at radius 1 is 1.25 bits per heavy atom. The zero-order chi connectivity index (χ0) is 20.1. The number of halogens is 1. The molecule has 6 nitrogen and oxygen atoms in total. The van der Waals surface area contributed by atoms with Crippen molar-refractivity contribution in [3.63, 3.8) is 0 Å². The van der Waals surface area contributed by atoms with E-state index in [-0.39, 0.29) is 12.5 Å². The van der Waals surface area contributed by atoms with Crippen molar-refractivity contribution in [1.29, 1.82) is 0 Å². The molecule has 28 heavy (non-hydrogen) atoms. The van der Waals surface area contributed by atoms with Gasteiger partial charge >= 0.3 is 0 Å². The minimum Gasteiger partial charge on any atom is -0.476 e. The Kier molecular flexibility index (Phi) is 6.74. The molecule has 0 aliphatic carbocycles. The van der Waals surface area contributed by atoms with Crippen LogP contribution in [0.15, 0.2) is 48.5 Å². The maximum Gasteiger partial charge on any atom is 0.263 e. The van der Waals surface area contributed by atoms with E-state index < -0.39 is 16.1 Å². The van der Waals surface area contributed by atoms with Crippen LogP contribution in [0.25, 0.3) is 0 Å². The van der Waals surface area contributed by atoms with Gasteiger partial charge in [0.1, 0.15) is 5.75 Å². The molecule has 0 saturated carbocycles. The van der Waals surface area contributed by atoms with Gasteiger partial charge in [0, 0.05) is 23.1 Å². The molecule has 1 aliphatic rings. The number of ether oxygens (including phenoxy) is 1. The van der Waals surface area contributed by atoms with Gasteiger partial charge in [-0.15, -0.1) is 0 Å². The highest BCUT2D eigenvalue weighted by Crippen LogP contribution is 2.34. The van der Waals surface area contributed by atoms with Gasteiger partial charge in [0.2, 0.25) is 10.0 Å². The van der Waals surface area contributed by atoms with Crippen molar-refractivity contribution in [2.45, 2.75) is 11.9 Å². The van der Waals surface area contributed by atoms with Crippen LogP contribution >= 0.6 is 23.4 Å². The minimum atomic E-state index is -3.51. The van der Waals surface area contributed by atoms with Gasteiger partial charge in [-0.2, -0.15) is 11.8 Å². The zero-order valence-corrected chi connectivity index (χ0v) is 17.7. The van der Waals surface area contributed by atoms with Crippen LogP contribution in [0, 0.1) is 0 Å². The Labute approximate surface area is 174 Å². The van der Waals surface area contributed by atoms with Gasteiger partial charge in [-0.3, -0.25) is 9.10 Å². The molecule has 0 fully saturated rings. The van der Waals surface area contributed by atoms with Crippen molar-refractivity contribution >= 4 is 45.0 Å². The van der Waals surface area contributed by atoms with E-state index in [1.165, 1.54) is 4.31 Å². The van der Waals surface area contributed by atoms with Crippen LogP contribution in [0.4, 0.5) is 5.69 Å². The van der Waals surface area contributed by atoms with E-state index in [1.54, 1.807) is 36.0 Å². The lowest BCUT2D eigenvalue weighted by Gasteiger charge is -2.33. The maximum atomic E-state index is 12.5. The van der Waals surface area contributed by atoms with E-state index in [0.717, 1.165) is 23.3 Å². The second kappa shape index (κ2) is 9.07. The summed E-state index contributed by atoms with van der Waals surface area (Å²) in [7, 11) is -3.51. The lowest BCUT2D eigenvalue weighted by Crippen LogP contribution is -2.50. The van der Waals surface area contributed by atoms with Crippen LogP contribution in [-0.4, -0.2) is 45.5 Å². The summed E-state index contributed by atoms with van der Waals surface area (Å²) < 4.78 is 31.1. The standard InChI is InChI=1S/C19H21ClN2O4S2/c1-28(24,25)22-12-18(26-17-5-3-2-4-16(17)22)19(23)21-10-11-27-13-14-6-8-15(20)9-7-14/h2-9,18H,10-13H2,1H3,(H,21,23). The minimum absolute atomic E-state index is 0.0421. The summed E-state index contributed by atoms with van der Waals surface area (Å²) in [4.78, 5) is 12.5. The SMILES string of the molecule is CS(=O)(=O)N1CC(C(=O)NCCSCc2ccc(Cl)cc2)Oc2ccccc21. The highest BCUT2D eigenvalue weighted by atomic mass is 35.5. The number of nitrogens with zero attached hydrogens (tertiary/aromatic N) is 1. The Hall–Kier alpha value is -1.90. The molecule has 0 bridgehead atoms. The van der Waals surface area contributed by atoms with Gasteiger partial charge in [-0.1, -0.05) is 35.9 Å². The lowest BCUT2D eigenvalue weighted by atomic mass is 10.2. The van der Waals surface area contributed by atoms with Gasteiger partial charge in [-0.25, -0.2) is 8.42 Å². The number of carbonyl (C=O) groups is 1. The fourth-order valence-electron chi connectivity index (χ4n) is 2.78.